The molecule has 3 heterocycles. The maximum absolute atomic E-state index is 14.3. The molecule has 46 heavy (non-hydrogen) atoms. The molecule has 3 aliphatic heterocycles. The predicted octanol–water partition coefficient (Wildman–Crippen LogP) is 8.37. The molecule has 1 amide bonds. The van der Waals surface area contributed by atoms with E-state index in [1.165, 1.54) is 38.4 Å². The lowest BCUT2D eigenvalue weighted by Crippen LogP contribution is -2.47. The van der Waals surface area contributed by atoms with Crippen molar-refractivity contribution in [3.63, 3.8) is 0 Å². The van der Waals surface area contributed by atoms with Crippen LogP contribution in [0.5, 0.6) is 5.75 Å². The third kappa shape index (κ3) is 8.84. The molecule has 0 bridgehead atoms. The first-order valence-electron chi connectivity index (χ1n) is 16.5. The van der Waals surface area contributed by atoms with Gasteiger partial charge in [-0.1, -0.05) is 65.5 Å². The highest BCUT2D eigenvalue weighted by molar-refractivity contribution is 6.66. The fourth-order valence-electron chi connectivity index (χ4n) is 7.48. The van der Waals surface area contributed by atoms with Gasteiger partial charge in [0.25, 0.3) is 0 Å². The molecule has 1 atom stereocenters. The van der Waals surface area contributed by atoms with Crippen LogP contribution in [0, 0.1) is 0 Å². The van der Waals surface area contributed by atoms with Gasteiger partial charge in [0.2, 0.25) is 9.70 Å². The molecular weight excluding hydrogens is 658 g/mol. The van der Waals surface area contributed by atoms with Gasteiger partial charge in [-0.15, -0.1) is 0 Å². The maximum atomic E-state index is 14.3. The molecule has 3 aliphatic rings. The molecule has 11 heteroatoms. The summed E-state index contributed by atoms with van der Waals surface area (Å²) in [5, 5.41) is 0. The number of hydrogen-bond donors (Lipinski definition) is 0. The lowest BCUT2D eigenvalue weighted by Gasteiger charge is -2.41. The second kappa shape index (κ2) is 14.8. The second-order valence-electron chi connectivity index (χ2n) is 13.5. The van der Waals surface area contributed by atoms with Crippen LogP contribution in [0.3, 0.4) is 0 Å². The van der Waals surface area contributed by atoms with Crippen LogP contribution < -0.4 is 4.74 Å². The largest absolute Gasteiger partial charge is 0.491 e. The van der Waals surface area contributed by atoms with Gasteiger partial charge in [0.05, 0.1) is 18.1 Å². The van der Waals surface area contributed by atoms with Crippen LogP contribution in [0.4, 0.5) is 13.2 Å². The van der Waals surface area contributed by atoms with E-state index in [9.17, 15) is 18.0 Å². The van der Waals surface area contributed by atoms with Crippen molar-refractivity contribution in [3.8, 4) is 5.75 Å². The quantitative estimate of drug-likeness (QED) is 0.246. The van der Waals surface area contributed by atoms with Crippen molar-refractivity contribution in [2.75, 3.05) is 45.8 Å². The zero-order valence-electron chi connectivity index (χ0n) is 26.7. The summed E-state index contributed by atoms with van der Waals surface area (Å²) in [5.74, 6) is 0.647. The Morgan fingerprint density at radius 1 is 0.957 bits per heavy atom. The summed E-state index contributed by atoms with van der Waals surface area (Å²) in [4.78, 5) is 20.5. The van der Waals surface area contributed by atoms with Crippen LogP contribution in [0.2, 0.25) is 0 Å². The molecule has 2 aromatic carbocycles. The molecule has 0 aromatic heterocycles. The molecular formula is C35H45Cl3F3N3O2. The summed E-state index contributed by atoms with van der Waals surface area (Å²) in [6.07, 6.45) is 2.75. The highest BCUT2D eigenvalue weighted by Gasteiger charge is 2.45. The summed E-state index contributed by atoms with van der Waals surface area (Å²) in [7, 11) is 0. The van der Waals surface area contributed by atoms with E-state index >= 15 is 0 Å². The number of nitrogens with zero attached hydrogens (tertiary/aromatic N) is 3. The number of ether oxygens (including phenoxy) is 1. The van der Waals surface area contributed by atoms with Gasteiger partial charge in [0.1, 0.15) is 5.75 Å². The zero-order chi connectivity index (χ0) is 33.1. The molecule has 3 fully saturated rings. The highest BCUT2D eigenvalue weighted by atomic mass is 35.6. The van der Waals surface area contributed by atoms with Crippen molar-refractivity contribution in [3.05, 3.63) is 64.7 Å². The van der Waals surface area contributed by atoms with Crippen molar-refractivity contribution in [1.29, 1.82) is 0 Å². The first-order valence-corrected chi connectivity index (χ1v) is 17.7. The van der Waals surface area contributed by atoms with Gasteiger partial charge in [-0.3, -0.25) is 4.79 Å². The van der Waals surface area contributed by atoms with Crippen LogP contribution in [-0.4, -0.2) is 78.6 Å². The van der Waals surface area contributed by atoms with Gasteiger partial charge in [0.15, 0.2) is 0 Å². The molecule has 5 rings (SSSR count). The van der Waals surface area contributed by atoms with E-state index in [1.54, 1.807) is 11.0 Å². The molecule has 3 saturated heterocycles. The molecule has 0 radical (unpaired) electrons. The van der Waals surface area contributed by atoms with Crippen molar-refractivity contribution >= 4 is 40.7 Å². The minimum atomic E-state index is -4.70. The Hall–Kier alpha value is -1.71. The molecule has 5 nitrogen and oxygen atoms in total. The molecule has 0 spiro atoms. The normalized spacial score (nSPS) is 22.5. The smallest absolute Gasteiger partial charge is 0.416 e. The van der Waals surface area contributed by atoms with Crippen molar-refractivity contribution in [1.82, 2.24) is 14.7 Å². The number of carbonyl (C=O) groups is 1. The van der Waals surface area contributed by atoms with Crippen LogP contribution >= 0.6 is 34.8 Å². The van der Waals surface area contributed by atoms with Crippen molar-refractivity contribution < 1.29 is 22.7 Å². The van der Waals surface area contributed by atoms with Crippen LogP contribution in [0.25, 0.3) is 0 Å². The Morgan fingerprint density at radius 3 is 2.33 bits per heavy atom. The summed E-state index contributed by atoms with van der Waals surface area (Å²) in [5.41, 5.74) is -0.627. The highest BCUT2D eigenvalue weighted by Crippen LogP contribution is 2.48. The monoisotopic (exact) mass is 701 g/mol. The average molecular weight is 703 g/mol. The Bertz CT molecular complexity index is 1340. The first-order chi connectivity index (χ1) is 21.7. The minimum Gasteiger partial charge on any atom is -0.491 e. The summed E-state index contributed by atoms with van der Waals surface area (Å²) >= 11 is 18.0. The lowest BCUT2D eigenvalue weighted by molar-refractivity contribution is -0.138. The maximum Gasteiger partial charge on any atom is 0.416 e. The molecule has 2 aromatic rings. The van der Waals surface area contributed by atoms with Crippen molar-refractivity contribution in [2.45, 2.75) is 92.7 Å². The predicted molar refractivity (Wildman–Crippen MR) is 179 cm³/mol. The van der Waals surface area contributed by atoms with E-state index in [4.69, 9.17) is 39.5 Å². The van der Waals surface area contributed by atoms with Crippen molar-refractivity contribution in [2.24, 2.45) is 0 Å². The van der Waals surface area contributed by atoms with E-state index in [-0.39, 0.29) is 18.4 Å². The molecule has 0 saturated carbocycles. The fraction of sp³-hybridized carbons (Fsp3) is 0.629. The van der Waals surface area contributed by atoms with Crippen LogP contribution in [0.1, 0.15) is 81.0 Å². The number of benzene rings is 2. The van der Waals surface area contributed by atoms with Gasteiger partial charge < -0.3 is 19.4 Å². The number of piperidine rings is 2. The van der Waals surface area contributed by atoms with E-state index < -0.39 is 26.5 Å². The molecule has 0 aliphatic carbocycles. The number of hydrogen-bond acceptors (Lipinski definition) is 4. The fourth-order valence-corrected chi connectivity index (χ4v) is 7.97. The Balaban J connectivity index is 1.35. The first kappa shape index (κ1) is 35.6. The number of amides is 1. The molecule has 0 N–H and O–H groups in total. The second-order valence-corrected chi connectivity index (χ2v) is 15.8. The third-order valence-corrected chi connectivity index (χ3v) is 10.6. The van der Waals surface area contributed by atoms with Gasteiger partial charge in [0, 0.05) is 30.1 Å². The van der Waals surface area contributed by atoms with E-state index in [0.717, 1.165) is 44.1 Å². The summed E-state index contributed by atoms with van der Waals surface area (Å²) in [6, 6.07) is 12.2. The Labute approximate surface area is 286 Å². The average Bonchev–Trinajstić information content (AvgIpc) is 3.45. The number of carbonyl (C=O) groups excluding carboxylic acids is 1. The number of halogens is 6. The topological polar surface area (TPSA) is 36.0 Å². The Morgan fingerprint density at radius 2 is 1.67 bits per heavy atom. The van der Waals surface area contributed by atoms with Gasteiger partial charge >= 0.3 is 6.18 Å². The van der Waals surface area contributed by atoms with E-state index in [2.05, 4.69) is 9.80 Å². The minimum absolute atomic E-state index is 0.00949. The zero-order valence-corrected chi connectivity index (χ0v) is 29.0. The van der Waals surface area contributed by atoms with E-state index in [1.807, 2.05) is 38.1 Å². The Kier molecular flexibility index (Phi) is 11.5. The van der Waals surface area contributed by atoms with Gasteiger partial charge in [-0.2, -0.15) is 13.2 Å². The molecule has 1 unspecified atom stereocenters. The van der Waals surface area contributed by atoms with Gasteiger partial charge in [-0.05, 0) is 114 Å². The number of rotatable bonds is 9. The summed E-state index contributed by atoms with van der Waals surface area (Å²) < 4.78 is 46.6. The molecule has 254 valence electrons. The third-order valence-electron chi connectivity index (χ3n) is 9.95. The SMILES string of the molecule is CC(C)Oc1cccc(CC(=O)N2CCC(CCN3CCC(N4CCCCC4)CC3)(c3ccc(C(Cl)(Cl)Cl)c(C(F)(F)F)c3)C2)c1. The standard InChI is InChI=1S/C35H45Cl3F3N3O2/c1-25(2)46-29-8-6-7-26(21-29)22-32(45)44-20-14-33(24-44,27-9-10-30(34(36,37)38)31(23-27)35(39,40)41)13-19-42-17-11-28(12-18-42)43-15-4-3-5-16-43/h6-10,21,23,25,28H,3-5,11-20,22,24H2,1-2H3. The number of likely N-dealkylation sites (tertiary alicyclic amines) is 3. The number of alkyl halides is 6. The van der Waals surface area contributed by atoms with Crippen LogP contribution in [-0.2, 0) is 26.6 Å². The summed E-state index contributed by atoms with van der Waals surface area (Å²) in [6.45, 7) is 9.73. The van der Waals surface area contributed by atoms with E-state index in [0.29, 0.717) is 43.3 Å². The lowest BCUT2D eigenvalue weighted by atomic mass is 9.75. The van der Waals surface area contributed by atoms with Gasteiger partial charge in [-0.25, -0.2) is 0 Å². The van der Waals surface area contributed by atoms with Crippen LogP contribution in [0.15, 0.2) is 42.5 Å².